The third-order valence-corrected chi connectivity index (χ3v) is 4.25. The lowest BCUT2D eigenvalue weighted by molar-refractivity contribution is -0.148. The second kappa shape index (κ2) is 8.75. The zero-order chi connectivity index (χ0) is 15.8. The molecule has 0 saturated carbocycles. The Hall–Kier alpha value is -1.45. The normalized spacial score (nSPS) is 14.4. The van der Waals surface area contributed by atoms with Gasteiger partial charge >= 0.3 is 13.9 Å². The molecule has 3 atom stereocenters. The van der Waals surface area contributed by atoms with E-state index in [2.05, 4.69) is 5.09 Å². The van der Waals surface area contributed by atoms with E-state index in [-0.39, 0.29) is 11.8 Å². The fraction of sp³-hybridized carbons (Fsp3) is 0.533. The van der Waals surface area contributed by atoms with Crippen molar-refractivity contribution < 1.29 is 18.8 Å². The molecule has 2 unspecified atom stereocenters. The minimum Gasteiger partial charge on any atom is -0.489 e. The van der Waals surface area contributed by atoms with Crippen LogP contribution in [0.4, 0.5) is 0 Å². The largest absolute Gasteiger partial charge is 0.489 e. The van der Waals surface area contributed by atoms with Crippen LogP contribution in [0.15, 0.2) is 30.3 Å². The molecule has 0 aromatic heterocycles. The molecule has 0 heterocycles. The van der Waals surface area contributed by atoms with Gasteiger partial charge in [-0.15, -0.1) is 0 Å². The van der Waals surface area contributed by atoms with Crippen LogP contribution in [0.3, 0.4) is 0 Å². The molecule has 1 N–H and O–H groups in total. The van der Waals surface area contributed by atoms with E-state index in [1.807, 2.05) is 37.3 Å². The monoisotopic (exact) mass is 312 g/mol. The number of hydrogen-bond donors (Lipinski definition) is 1. The molecule has 0 radical (unpaired) electrons. The van der Waals surface area contributed by atoms with Crippen molar-refractivity contribution in [1.29, 1.82) is 0 Å². The van der Waals surface area contributed by atoms with Crippen LogP contribution in [0.1, 0.15) is 27.7 Å². The summed E-state index contributed by atoms with van der Waals surface area (Å²) in [6.45, 7) is 7.33. The van der Waals surface area contributed by atoms with Crippen molar-refractivity contribution >= 4 is 13.9 Å². The number of nitrogens with one attached hydrogen (secondary N) is 1. The molecule has 0 amide bonds. The predicted molar refractivity (Wildman–Crippen MR) is 82.8 cm³/mol. The summed E-state index contributed by atoms with van der Waals surface area (Å²) in [6.07, 6.45) is -0.182. The first-order valence-electron chi connectivity index (χ1n) is 7.01. The summed E-state index contributed by atoms with van der Waals surface area (Å²) in [5.74, 6) is 0.338. The number of benzene rings is 1. The van der Waals surface area contributed by atoms with Gasteiger partial charge in [0.2, 0.25) is 5.66 Å². The van der Waals surface area contributed by atoms with Crippen molar-refractivity contribution in [3.63, 3.8) is 0 Å². The maximum Gasteiger partial charge on any atom is 0.439 e. The van der Waals surface area contributed by atoms with Gasteiger partial charge in [0, 0.05) is 0 Å². The summed E-state index contributed by atoms with van der Waals surface area (Å²) in [7, 11) is -1.76. The molecule has 6 heteroatoms. The Bertz CT molecular complexity index is 464. The van der Waals surface area contributed by atoms with Gasteiger partial charge in [-0.05, 0) is 44.4 Å². The van der Waals surface area contributed by atoms with E-state index >= 15 is 0 Å². The van der Waals surface area contributed by atoms with Crippen LogP contribution in [0.25, 0.3) is 0 Å². The molecule has 116 valence electrons. The molecular formula is C15H23NO4P+. The zero-order valence-electron chi connectivity index (χ0n) is 12.9. The smallest absolute Gasteiger partial charge is 0.439 e. The highest BCUT2D eigenvalue weighted by molar-refractivity contribution is 7.43. The number of para-hydroxylation sites is 1. The highest BCUT2D eigenvalue weighted by Crippen LogP contribution is 2.25. The molecule has 0 fully saturated rings. The fourth-order valence-electron chi connectivity index (χ4n) is 1.51. The summed E-state index contributed by atoms with van der Waals surface area (Å²) < 4.78 is 22.7. The molecule has 0 aliphatic heterocycles. The summed E-state index contributed by atoms with van der Waals surface area (Å²) in [5, 5.41) is 2.78. The summed E-state index contributed by atoms with van der Waals surface area (Å²) in [6, 6.07) is 8.74. The Kier molecular flexibility index (Phi) is 7.34. The zero-order valence-corrected chi connectivity index (χ0v) is 13.8. The average Bonchev–Trinajstić information content (AvgIpc) is 2.44. The molecule has 5 nitrogen and oxygen atoms in total. The molecule has 0 bridgehead atoms. The van der Waals surface area contributed by atoms with Gasteiger partial charge in [-0.3, -0.25) is 4.79 Å². The van der Waals surface area contributed by atoms with Crippen LogP contribution in [0.5, 0.6) is 5.75 Å². The first kappa shape index (κ1) is 17.6. The fourth-order valence-corrected chi connectivity index (χ4v) is 2.46. The lowest BCUT2D eigenvalue weighted by Crippen LogP contribution is -2.34. The first-order chi connectivity index (χ1) is 9.90. The number of carbonyl (C=O) groups excluding carboxylic acids is 1. The van der Waals surface area contributed by atoms with Crippen molar-refractivity contribution in [2.24, 2.45) is 0 Å². The van der Waals surface area contributed by atoms with Gasteiger partial charge in [0.15, 0.2) is 0 Å². The standard InChI is InChI=1S/C15H23NO4P/c1-11(2)20-15(17)13(4)16-21(18)12(3)10-19-14-8-6-5-7-9-14/h5-9,11-13H,10H2,1-4H3,(H,16,18)/q+1/t12?,13-/m0/s1. The number of esters is 1. The summed E-state index contributed by atoms with van der Waals surface area (Å²) in [4.78, 5) is 11.6. The molecule has 1 aromatic rings. The van der Waals surface area contributed by atoms with Gasteiger partial charge in [0.25, 0.3) is 0 Å². The molecular weight excluding hydrogens is 289 g/mol. The van der Waals surface area contributed by atoms with Gasteiger partial charge in [-0.25, -0.2) is 0 Å². The molecule has 0 spiro atoms. The summed E-state index contributed by atoms with van der Waals surface area (Å²) >= 11 is 0. The molecule has 0 aliphatic carbocycles. The van der Waals surface area contributed by atoms with Crippen LogP contribution in [-0.2, 0) is 14.1 Å². The quantitative estimate of drug-likeness (QED) is 0.590. The van der Waals surface area contributed by atoms with Crippen LogP contribution in [-0.4, -0.2) is 30.4 Å². The molecule has 1 aromatic carbocycles. The Morgan fingerprint density at radius 2 is 1.81 bits per heavy atom. The van der Waals surface area contributed by atoms with Crippen molar-refractivity contribution in [1.82, 2.24) is 5.09 Å². The Morgan fingerprint density at radius 3 is 2.38 bits per heavy atom. The maximum absolute atomic E-state index is 12.1. The minimum absolute atomic E-state index is 0.182. The third-order valence-electron chi connectivity index (χ3n) is 2.66. The van der Waals surface area contributed by atoms with Crippen molar-refractivity contribution in [3.05, 3.63) is 30.3 Å². The predicted octanol–water partition coefficient (Wildman–Crippen LogP) is 3.13. The highest BCUT2D eigenvalue weighted by atomic mass is 31.1. The number of rotatable bonds is 8. The lowest BCUT2D eigenvalue weighted by Gasteiger charge is -2.12. The van der Waals surface area contributed by atoms with Crippen molar-refractivity contribution in [3.8, 4) is 5.75 Å². The van der Waals surface area contributed by atoms with Gasteiger partial charge in [0.1, 0.15) is 18.4 Å². The molecule has 21 heavy (non-hydrogen) atoms. The van der Waals surface area contributed by atoms with Crippen LogP contribution in [0.2, 0.25) is 0 Å². The second-order valence-electron chi connectivity index (χ2n) is 5.14. The number of ether oxygens (including phenoxy) is 2. The molecule has 0 aliphatic rings. The topological polar surface area (TPSA) is 64.6 Å². The Labute approximate surface area is 126 Å². The highest BCUT2D eigenvalue weighted by Gasteiger charge is 2.32. The maximum atomic E-state index is 12.1. The molecule has 0 saturated heterocycles. The van der Waals surface area contributed by atoms with E-state index < -0.39 is 20.0 Å². The Balaban J connectivity index is 2.38. The third kappa shape index (κ3) is 6.69. The van der Waals surface area contributed by atoms with Gasteiger partial charge in [-0.1, -0.05) is 23.3 Å². The number of carbonyl (C=O) groups is 1. The van der Waals surface area contributed by atoms with E-state index in [1.165, 1.54) is 0 Å². The Morgan fingerprint density at radius 1 is 1.19 bits per heavy atom. The average molecular weight is 312 g/mol. The second-order valence-corrected chi connectivity index (χ2v) is 6.93. The van der Waals surface area contributed by atoms with E-state index in [9.17, 15) is 9.36 Å². The van der Waals surface area contributed by atoms with Crippen molar-refractivity contribution in [2.75, 3.05) is 6.61 Å². The van der Waals surface area contributed by atoms with Gasteiger partial charge in [-0.2, -0.15) is 0 Å². The first-order valence-corrected chi connectivity index (χ1v) is 8.34. The van der Waals surface area contributed by atoms with Crippen LogP contribution in [0, 0.1) is 0 Å². The van der Waals surface area contributed by atoms with Gasteiger partial charge in [0.05, 0.1) is 6.10 Å². The number of hydrogen-bond acceptors (Lipinski definition) is 4. The summed E-state index contributed by atoms with van der Waals surface area (Å²) in [5.41, 5.74) is -0.213. The van der Waals surface area contributed by atoms with E-state index in [4.69, 9.17) is 9.47 Å². The van der Waals surface area contributed by atoms with Crippen LogP contribution < -0.4 is 9.82 Å². The minimum atomic E-state index is -1.76. The van der Waals surface area contributed by atoms with E-state index in [0.717, 1.165) is 5.75 Å². The molecule has 1 rings (SSSR count). The van der Waals surface area contributed by atoms with Crippen molar-refractivity contribution in [2.45, 2.75) is 45.5 Å². The lowest BCUT2D eigenvalue weighted by atomic mass is 10.3. The van der Waals surface area contributed by atoms with E-state index in [1.54, 1.807) is 20.8 Å². The van der Waals surface area contributed by atoms with Gasteiger partial charge < -0.3 is 9.47 Å². The SMILES string of the molecule is CC(C)OC(=O)[C@H](C)N[P+](=O)C(C)COc1ccccc1. The van der Waals surface area contributed by atoms with E-state index in [0.29, 0.717) is 6.61 Å². The van der Waals surface area contributed by atoms with Crippen LogP contribution >= 0.6 is 7.95 Å².